The number of nitrogens with two attached hydrogens (primary N) is 1. The van der Waals surface area contributed by atoms with E-state index in [1.165, 1.54) is 12.3 Å². The lowest BCUT2D eigenvalue weighted by Crippen LogP contribution is -2.27. The van der Waals surface area contributed by atoms with Crippen LogP contribution in [0, 0.1) is 5.92 Å². The summed E-state index contributed by atoms with van der Waals surface area (Å²) in [5.41, 5.74) is 8.33. The third-order valence-electron chi connectivity index (χ3n) is 7.45. The van der Waals surface area contributed by atoms with Crippen LogP contribution in [0.5, 0.6) is 0 Å². The summed E-state index contributed by atoms with van der Waals surface area (Å²) in [4.78, 5) is 36.5. The summed E-state index contributed by atoms with van der Waals surface area (Å²) in [6.07, 6.45) is 2.01. The second-order valence-electron chi connectivity index (χ2n) is 9.80. The molecule has 5 rings (SSSR count). The lowest BCUT2D eigenvalue weighted by molar-refractivity contribution is -0.182. The number of carbonyl (C=O) groups is 1. The van der Waals surface area contributed by atoms with Crippen molar-refractivity contribution < 1.29 is 18.0 Å². The molecule has 3 aromatic rings. The third kappa shape index (κ3) is 3.97. The number of primary amides is 1. The number of fused-ring (bicyclic) bond motifs is 1. The second-order valence-corrected chi connectivity index (χ2v) is 9.80. The van der Waals surface area contributed by atoms with Gasteiger partial charge in [0.1, 0.15) is 5.69 Å². The summed E-state index contributed by atoms with van der Waals surface area (Å²) in [6.45, 7) is 2.13. The first-order chi connectivity index (χ1) is 16.1. The number of hydrogen-bond acceptors (Lipinski definition) is 4. The zero-order valence-corrected chi connectivity index (χ0v) is 18.7. The average Bonchev–Trinajstić information content (AvgIpc) is 3.56. The van der Waals surface area contributed by atoms with E-state index in [0.717, 1.165) is 24.1 Å². The van der Waals surface area contributed by atoms with E-state index in [-0.39, 0.29) is 35.3 Å². The second kappa shape index (κ2) is 7.92. The number of carbonyl (C=O) groups excluding carboxylic acids is 1. The number of amides is 1. The highest BCUT2D eigenvalue weighted by Crippen LogP contribution is 2.49. The quantitative estimate of drug-likeness (QED) is 0.562. The molecular formula is C25H25F3N4O2. The van der Waals surface area contributed by atoms with Gasteiger partial charge >= 0.3 is 6.18 Å². The van der Waals surface area contributed by atoms with Crippen molar-refractivity contribution in [1.29, 1.82) is 0 Å². The number of aromatic nitrogens is 3. The molecule has 2 aliphatic carbocycles. The minimum Gasteiger partial charge on any atom is -0.364 e. The molecule has 9 heteroatoms. The molecule has 0 aromatic carbocycles. The SMILES string of the molecule is CC1(c2cc([C@H]3CC[C@@H](C(F)(F)F)CC3)c(-c3cc(=O)c4c(C(N)=O)nccc4[nH]3)cn2)CC1. The normalized spacial score (nSPS) is 22.0. The fourth-order valence-corrected chi connectivity index (χ4v) is 5.07. The average molecular weight is 470 g/mol. The van der Waals surface area contributed by atoms with Gasteiger partial charge in [-0.1, -0.05) is 6.92 Å². The van der Waals surface area contributed by atoms with Gasteiger partial charge in [-0.05, 0) is 62.1 Å². The molecule has 3 aromatic heterocycles. The summed E-state index contributed by atoms with van der Waals surface area (Å²) in [5, 5.41) is 0.112. The van der Waals surface area contributed by atoms with E-state index < -0.39 is 23.4 Å². The lowest BCUT2D eigenvalue weighted by Gasteiger charge is -2.31. The van der Waals surface area contributed by atoms with E-state index in [9.17, 15) is 22.8 Å². The molecule has 0 radical (unpaired) electrons. The van der Waals surface area contributed by atoms with Crippen molar-refractivity contribution in [2.45, 2.75) is 63.0 Å². The van der Waals surface area contributed by atoms with Gasteiger partial charge in [-0.15, -0.1) is 0 Å². The standard InChI is InChI=1S/C25H25F3N4O2/c1-24(7-8-24)20-10-15(13-2-4-14(5-3-13)25(26,27)28)16(12-31-20)18-11-19(33)21-17(32-18)6-9-30-22(21)23(29)34/h6,9-14H,2-5,7-8H2,1H3,(H2,29,34)(H,32,33)/t13-,14+. The van der Waals surface area contributed by atoms with Crippen molar-refractivity contribution >= 4 is 16.8 Å². The van der Waals surface area contributed by atoms with Gasteiger partial charge in [0.15, 0.2) is 5.43 Å². The van der Waals surface area contributed by atoms with Gasteiger partial charge in [0, 0.05) is 35.1 Å². The predicted octanol–water partition coefficient (Wildman–Crippen LogP) is 4.97. The van der Waals surface area contributed by atoms with E-state index in [1.54, 1.807) is 12.3 Å². The Labute approximate surface area is 193 Å². The Morgan fingerprint density at radius 2 is 1.85 bits per heavy atom. The van der Waals surface area contributed by atoms with Crippen LogP contribution in [-0.2, 0) is 5.41 Å². The molecule has 0 atom stereocenters. The molecule has 178 valence electrons. The number of pyridine rings is 3. The zero-order chi connectivity index (χ0) is 24.3. The number of nitrogens with zero attached hydrogens (tertiary/aromatic N) is 2. The number of halogens is 3. The van der Waals surface area contributed by atoms with Crippen molar-refractivity contribution in [2.75, 3.05) is 0 Å². The molecule has 1 amide bonds. The van der Waals surface area contributed by atoms with E-state index in [1.807, 2.05) is 6.07 Å². The van der Waals surface area contributed by atoms with Crippen molar-refractivity contribution in [3.63, 3.8) is 0 Å². The van der Waals surface area contributed by atoms with Gasteiger partial charge in [0.05, 0.1) is 22.5 Å². The summed E-state index contributed by atoms with van der Waals surface area (Å²) < 4.78 is 39.7. The van der Waals surface area contributed by atoms with Crippen molar-refractivity contribution in [3.05, 3.63) is 57.8 Å². The molecule has 3 N–H and O–H groups in total. The van der Waals surface area contributed by atoms with E-state index in [2.05, 4.69) is 21.9 Å². The number of nitrogens with one attached hydrogen (secondary N) is 1. The maximum Gasteiger partial charge on any atom is 0.391 e. The molecule has 0 unspecified atom stereocenters. The Hall–Kier alpha value is -3.23. The maximum absolute atomic E-state index is 13.2. The van der Waals surface area contributed by atoms with Crippen LogP contribution in [0.3, 0.4) is 0 Å². The Morgan fingerprint density at radius 1 is 1.15 bits per heavy atom. The lowest BCUT2D eigenvalue weighted by atomic mass is 9.76. The van der Waals surface area contributed by atoms with Gasteiger partial charge < -0.3 is 10.7 Å². The van der Waals surface area contributed by atoms with Crippen LogP contribution in [0.1, 0.15) is 73.1 Å². The first-order valence-electron chi connectivity index (χ1n) is 11.5. The molecule has 3 heterocycles. The van der Waals surface area contributed by atoms with E-state index in [0.29, 0.717) is 29.6 Å². The molecular weight excluding hydrogens is 445 g/mol. The fourth-order valence-electron chi connectivity index (χ4n) is 5.07. The van der Waals surface area contributed by atoms with Gasteiger partial charge in [0.2, 0.25) is 0 Å². The summed E-state index contributed by atoms with van der Waals surface area (Å²) in [5.74, 6) is -2.13. The molecule has 0 saturated heterocycles. The Morgan fingerprint density at radius 3 is 2.47 bits per heavy atom. The first kappa shape index (κ1) is 22.6. The van der Waals surface area contributed by atoms with Crippen LogP contribution in [0.4, 0.5) is 13.2 Å². The molecule has 2 fully saturated rings. The summed E-state index contributed by atoms with van der Waals surface area (Å²) in [7, 11) is 0. The smallest absolute Gasteiger partial charge is 0.364 e. The number of aromatic amines is 1. The zero-order valence-electron chi connectivity index (χ0n) is 18.7. The topological polar surface area (TPSA) is 102 Å². The molecule has 6 nitrogen and oxygen atoms in total. The number of rotatable bonds is 4. The van der Waals surface area contributed by atoms with Gasteiger partial charge in [-0.3, -0.25) is 19.6 Å². The van der Waals surface area contributed by atoms with Crippen LogP contribution in [0.25, 0.3) is 22.2 Å². The van der Waals surface area contributed by atoms with Gasteiger partial charge in [-0.2, -0.15) is 13.2 Å². The first-order valence-corrected chi connectivity index (χ1v) is 11.5. The minimum atomic E-state index is -4.17. The Kier molecular flexibility index (Phi) is 5.26. The van der Waals surface area contributed by atoms with E-state index in [4.69, 9.17) is 5.73 Å². The van der Waals surface area contributed by atoms with Crippen molar-refractivity contribution in [3.8, 4) is 11.3 Å². The van der Waals surface area contributed by atoms with Crippen LogP contribution in [0.15, 0.2) is 35.4 Å². The van der Waals surface area contributed by atoms with Crippen molar-refractivity contribution in [2.24, 2.45) is 11.7 Å². The molecule has 34 heavy (non-hydrogen) atoms. The Balaban J connectivity index is 1.60. The third-order valence-corrected chi connectivity index (χ3v) is 7.45. The summed E-state index contributed by atoms with van der Waals surface area (Å²) in [6, 6.07) is 5.00. The van der Waals surface area contributed by atoms with Crippen LogP contribution >= 0.6 is 0 Å². The van der Waals surface area contributed by atoms with Crippen LogP contribution in [0.2, 0.25) is 0 Å². The van der Waals surface area contributed by atoms with Gasteiger partial charge in [0.25, 0.3) is 5.91 Å². The van der Waals surface area contributed by atoms with Crippen LogP contribution < -0.4 is 11.2 Å². The number of alkyl halides is 3. The van der Waals surface area contributed by atoms with Crippen molar-refractivity contribution in [1.82, 2.24) is 15.0 Å². The monoisotopic (exact) mass is 470 g/mol. The molecule has 0 aliphatic heterocycles. The molecule has 2 saturated carbocycles. The van der Waals surface area contributed by atoms with Crippen LogP contribution in [-0.4, -0.2) is 27.0 Å². The fraction of sp³-hybridized carbons (Fsp3) is 0.440. The minimum absolute atomic E-state index is 0.00466. The highest BCUT2D eigenvalue weighted by molar-refractivity contribution is 6.03. The molecule has 2 aliphatic rings. The maximum atomic E-state index is 13.2. The Bertz CT molecular complexity index is 1340. The van der Waals surface area contributed by atoms with Gasteiger partial charge in [-0.25, -0.2) is 0 Å². The van der Waals surface area contributed by atoms with E-state index >= 15 is 0 Å². The predicted molar refractivity (Wildman–Crippen MR) is 121 cm³/mol. The number of hydrogen-bond donors (Lipinski definition) is 2. The number of H-pyrrole nitrogens is 1. The largest absolute Gasteiger partial charge is 0.391 e. The molecule has 0 bridgehead atoms. The molecule has 0 spiro atoms. The highest BCUT2D eigenvalue weighted by atomic mass is 19.4. The highest BCUT2D eigenvalue weighted by Gasteiger charge is 2.43. The summed E-state index contributed by atoms with van der Waals surface area (Å²) >= 11 is 0.